The third-order valence-electron chi connectivity index (χ3n) is 1.92. The van der Waals surface area contributed by atoms with Gasteiger partial charge in [-0.25, -0.2) is 4.98 Å². The smallest absolute Gasteiger partial charge is 0.313 e. The van der Waals surface area contributed by atoms with Crippen LogP contribution in [0.1, 0.15) is 13.3 Å². The van der Waals surface area contributed by atoms with E-state index in [-0.39, 0.29) is 17.3 Å². The molecule has 1 heterocycles. The van der Waals surface area contributed by atoms with Crippen LogP contribution in [0.25, 0.3) is 0 Å². The fourth-order valence-corrected chi connectivity index (χ4v) is 1.60. The zero-order valence-corrected chi connectivity index (χ0v) is 10.6. The minimum absolute atomic E-state index is 0.0216. The average Bonchev–Trinajstić information content (AvgIpc) is 2.26. The van der Waals surface area contributed by atoms with Gasteiger partial charge in [0.2, 0.25) is 10.9 Å². The summed E-state index contributed by atoms with van der Waals surface area (Å²) in [6.07, 6.45) is -0.0216. The summed E-state index contributed by atoms with van der Waals surface area (Å²) >= 11 is 11.1. The molecule has 0 fully saturated rings. The van der Waals surface area contributed by atoms with Crippen LogP contribution in [0, 0.1) is 10.1 Å². The van der Waals surface area contributed by atoms with Gasteiger partial charge >= 0.3 is 5.69 Å². The largest absolute Gasteiger partial charge is 0.329 e. The van der Waals surface area contributed by atoms with E-state index in [4.69, 9.17) is 23.2 Å². The monoisotopic (exact) mass is 291 g/mol. The van der Waals surface area contributed by atoms with E-state index in [0.29, 0.717) is 0 Å². The van der Waals surface area contributed by atoms with Crippen molar-refractivity contribution in [3.63, 3.8) is 0 Å². The lowest BCUT2D eigenvalue weighted by Gasteiger charge is -2.05. The van der Waals surface area contributed by atoms with Crippen LogP contribution >= 0.6 is 23.2 Å². The van der Waals surface area contributed by atoms with Crippen molar-refractivity contribution in [1.82, 2.24) is 4.98 Å². The van der Waals surface area contributed by atoms with E-state index < -0.39 is 27.5 Å². The van der Waals surface area contributed by atoms with E-state index in [1.54, 1.807) is 0 Å². The van der Waals surface area contributed by atoms with E-state index in [0.717, 1.165) is 6.07 Å². The van der Waals surface area contributed by atoms with E-state index in [1.165, 1.54) is 6.92 Å². The first kappa shape index (κ1) is 14.3. The molecule has 18 heavy (non-hydrogen) atoms. The van der Waals surface area contributed by atoms with Crippen molar-refractivity contribution in [2.45, 2.75) is 13.3 Å². The van der Waals surface area contributed by atoms with Gasteiger partial charge in [0.05, 0.1) is 4.92 Å². The van der Waals surface area contributed by atoms with E-state index in [9.17, 15) is 19.7 Å². The molecule has 0 unspecified atom stereocenters. The molecule has 0 saturated heterocycles. The number of carbonyl (C=O) groups excluding carboxylic acids is 2. The molecule has 9 heteroatoms. The number of halogens is 2. The van der Waals surface area contributed by atoms with Crippen molar-refractivity contribution < 1.29 is 14.5 Å². The van der Waals surface area contributed by atoms with Crippen LogP contribution in [0.2, 0.25) is 10.3 Å². The summed E-state index contributed by atoms with van der Waals surface area (Å²) in [6.45, 7) is 1.49. The number of aromatic nitrogens is 1. The van der Waals surface area contributed by atoms with Gasteiger partial charge in [0.15, 0.2) is 0 Å². The second kappa shape index (κ2) is 5.74. The molecule has 96 valence electrons. The molecule has 0 aliphatic carbocycles. The van der Waals surface area contributed by atoms with Gasteiger partial charge in [0.25, 0.3) is 5.91 Å². The Balaban J connectivity index is 3.19. The average molecular weight is 292 g/mol. The number of nitro groups is 1. The molecule has 0 bridgehead atoms. The number of Topliss-reactive ketones (excluding diaryl/α,β-unsaturated/α-hetero) is 1. The van der Waals surface area contributed by atoms with Gasteiger partial charge in [-0.1, -0.05) is 30.1 Å². The molecular formula is C9H7Cl2N3O4. The Bertz CT molecular complexity index is 533. The number of anilines is 1. The fraction of sp³-hybridized carbons (Fsp3) is 0.222. The number of pyridine rings is 1. The molecule has 0 aliphatic heterocycles. The van der Waals surface area contributed by atoms with E-state index in [1.807, 2.05) is 0 Å². The number of hydrogen-bond donors (Lipinski definition) is 1. The predicted molar refractivity (Wildman–Crippen MR) is 64.8 cm³/mol. The van der Waals surface area contributed by atoms with Crippen LogP contribution in [-0.2, 0) is 9.59 Å². The van der Waals surface area contributed by atoms with Crippen LogP contribution in [-0.4, -0.2) is 21.6 Å². The quantitative estimate of drug-likeness (QED) is 0.396. The highest BCUT2D eigenvalue weighted by atomic mass is 35.5. The van der Waals surface area contributed by atoms with Crippen LogP contribution < -0.4 is 5.32 Å². The SMILES string of the molecule is CCC(=O)C(=O)Nc1cc(Cl)nc(Cl)c1[N+](=O)[O-]. The molecule has 0 spiro atoms. The minimum Gasteiger partial charge on any atom is -0.313 e. The molecule has 1 aromatic rings. The Morgan fingerprint density at radius 1 is 1.50 bits per heavy atom. The van der Waals surface area contributed by atoms with E-state index >= 15 is 0 Å². The van der Waals surface area contributed by atoms with Crippen LogP contribution in [0.5, 0.6) is 0 Å². The minimum atomic E-state index is -0.973. The molecule has 0 radical (unpaired) electrons. The first-order chi connectivity index (χ1) is 8.36. The number of carbonyl (C=O) groups is 2. The summed E-state index contributed by atoms with van der Waals surface area (Å²) in [5.41, 5.74) is -0.880. The molecule has 0 saturated carbocycles. The van der Waals surface area contributed by atoms with Gasteiger partial charge in [-0.2, -0.15) is 0 Å². The molecule has 1 aromatic heterocycles. The molecule has 1 N–H and O–H groups in total. The maximum atomic E-state index is 11.4. The third-order valence-corrected chi connectivity index (χ3v) is 2.38. The summed E-state index contributed by atoms with van der Waals surface area (Å²) in [5, 5.41) is 12.3. The molecule has 0 aromatic carbocycles. The summed E-state index contributed by atoms with van der Waals surface area (Å²) in [7, 11) is 0. The lowest BCUT2D eigenvalue weighted by Crippen LogP contribution is -2.22. The van der Waals surface area contributed by atoms with Gasteiger partial charge in [0.1, 0.15) is 10.8 Å². The first-order valence-corrected chi connectivity index (χ1v) is 5.47. The maximum absolute atomic E-state index is 11.4. The molecule has 1 rings (SSSR count). The van der Waals surface area contributed by atoms with Crippen molar-refractivity contribution in [2.75, 3.05) is 5.32 Å². The summed E-state index contributed by atoms with van der Waals surface area (Å²) in [5.74, 6) is -1.69. The standard InChI is InChI=1S/C9H7Cl2N3O4/c1-2-5(15)9(16)12-4-3-6(10)13-8(11)7(4)14(17)18/h3H,2H2,1H3,(H,12,13,16). The van der Waals surface area contributed by atoms with Crippen molar-refractivity contribution in [3.05, 3.63) is 26.5 Å². The topological polar surface area (TPSA) is 102 Å². The maximum Gasteiger partial charge on any atom is 0.329 e. The predicted octanol–water partition coefficient (Wildman–Crippen LogP) is 2.21. The third kappa shape index (κ3) is 3.14. The lowest BCUT2D eigenvalue weighted by atomic mass is 10.2. The number of amides is 1. The van der Waals surface area contributed by atoms with Gasteiger partial charge < -0.3 is 5.32 Å². The number of nitrogens with one attached hydrogen (secondary N) is 1. The highest BCUT2D eigenvalue weighted by Gasteiger charge is 2.24. The first-order valence-electron chi connectivity index (χ1n) is 4.71. The summed E-state index contributed by atoms with van der Waals surface area (Å²) < 4.78 is 0. The second-order valence-corrected chi connectivity index (χ2v) is 3.87. The Morgan fingerprint density at radius 3 is 2.61 bits per heavy atom. The zero-order valence-electron chi connectivity index (χ0n) is 9.07. The molecule has 0 aliphatic rings. The van der Waals surface area contributed by atoms with Gasteiger partial charge in [-0.3, -0.25) is 19.7 Å². The Kier molecular flexibility index (Phi) is 4.57. The summed E-state index contributed by atoms with van der Waals surface area (Å²) in [6, 6.07) is 1.05. The van der Waals surface area contributed by atoms with Crippen molar-refractivity contribution in [1.29, 1.82) is 0 Å². The number of nitrogens with zero attached hydrogens (tertiary/aromatic N) is 2. The van der Waals surface area contributed by atoms with Crippen LogP contribution in [0.3, 0.4) is 0 Å². The Hall–Kier alpha value is -1.73. The molecular weight excluding hydrogens is 285 g/mol. The molecule has 0 atom stereocenters. The van der Waals surface area contributed by atoms with Gasteiger partial charge in [0, 0.05) is 12.5 Å². The number of rotatable bonds is 4. The number of hydrogen-bond acceptors (Lipinski definition) is 5. The van der Waals surface area contributed by atoms with Crippen LogP contribution in [0.15, 0.2) is 6.07 Å². The van der Waals surface area contributed by atoms with Crippen molar-refractivity contribution in [2.24, 2.45) is 0 Å². The second-order valence-electron chi connectivity index (χ2n) is 3.12. The van der Waals surface area contributed by atoms with Crippen LogP contribution in [0.4, 0.5) is 11.4 Å². The number of ketones is 1. The Labute approximate surface area is 111 Å². The van der Waals surface area contributed by atoms with Gasteiger partial charge in [-0.05, 0) is 0 Å². The summed E-state index contributed by atoms with van der Waals surface area (Å²) in [4.78, 5) is 35.9. The Morgan fingerprint density at radius 2 is 2.11 bits per heavy atom. The van der Waals surface area contributed by atoms with E-state index in [2.05, 4.69) is 10.3 Å². The molecule has 7 nitrogen and oxygen atoms in total. The highest BCUT2D eigenvalue weighted by Crippen LogP contribution is 2.33. The van der Waals surface area contributed by atoms with Crippen molar-refractivity contribution in [3.8, 4) is 0 Å². The van der Waals surface area contributed by atoms with Crippen molar-refractivity contribution >= 4 is 46.3 Å². The molecule has 1 amide bonds. The fourth-order valence-electron chi connectivity index (χ4n) is 1.10. The highest BCUT2D eigenvalue weighted by molar-refractivity contribution is 6.41. The zero-order chi connectivity index (χ0) is 13.9. The van der Waals surface area contributed by atoms with Gasteiger partial charge in [-0.15, -0.1) is 0 Å². The lowest BCUT2D eigenvalue weighted by molar-refractivity contribution is -0.384. The normalized spacial score (nSPS) is 9.94.